The maximum Gasteiger partial charge on any atom is 0.168 e. The summed E-state index contributed by atoms with van der Waals surface area (Å²) in [5.41, 5.74) is 4.79. The van der Waals surface area contributed by atoms with E-state index in [2.05, 4.69) is 4.99 Å². The number of rotatable bonds is 3. The second kappa shape index (κ2) is 6.20. The van der Waals surface area contributed by atoms with Gasteiger partial charge in [0, 0.05) is 5.56 Å². The van der Waals surface area contributed by atoms with E-state index in [0.717, 1.165) is 0 Å². The van der Waals surface area contributed by atoms with Crippen LogP contribution in [-0.2, 0) is 20.1 Å². The summed E-state index contributed by atoms with van der Waals surface area (Å²) in [6, 6.07) is 4.23. The molecule has 26 heavy (non-hydrogen) atoms. The van der Waals surface area contributed by atoms with E-state index in [1.807, 2.05) is 6.92 Å². The highest BCUT2D eigenvalue weighted by Gasteiger charge is 2.61. The molecule has 3 rings (SSSR count). The molecule has 0 spiro atoms. The van der Waals surface area contributed by atoms with Crippen LogP contribution in [0.15, 0.2) is 23.2 Å². The number of nitrogens with zero attached hydrogens (tertiary/aromatic N) is 1. The van der Waals surface area contributed by atoms with Gasteiger partial charge in [0.2, 0.25) is 0 Å². The van der Waals surface area contributed by atoms with Gasteiger partial charge >= 0.3 is 0 Å². The Kier molecular flexibility index (Phi) is 4.55. The summed E-state index contributed by atoms with van der Waals surface area (Å²) < 4.78 is 51.4. The molecule has 6 nitrogen and oxygen atoms in total. The van der Waals surface area contributed by atoms with E-state index in [0.29, 0.717) is 12.2 Å². The number of aliphatic imine (C=N–C) groups is 1. The van der Waals surface area contributed by atoms with Gasteiger partial charge in [0.15, 0.2) is 9.84 Å². The van der Waals surface area contributed by atoms with Crippen molar-refractivity contribution in [2.24, 2.45) is 10.7 Å². The second-order valence-corrected chi connectivity index (χ2v) is 10.1. The smallest absolute Gasteiger partial charge is 0.168 e. The third-order valence-electron chi connectivity index (χ3n) is 5.67. The predicted octanol–water partition coefficient (Wildman–Crippen LogP) is 2.16. The lowest BCUT2D eigenvalue weighted by Gasteiger charge is -2.49. The van der Waals surface area contributed by atoms with Gasteiger partial charge in [-0.1, -0.05) is 6.92 Å². The molecule has 2 heterocycles. The van der Waals surface area contributed by atoms with Crippen LogP contribution >= 0.6 is 0 Å². The molecule has 3 atom stereocenters. The molecule has 0 unspecified atom stereocenters. The van der Waals surface area contributed by atoms with E-state index in [1.165, 1.54) is 25.3 Å². The van der Waals surface area contributed by atoms with Crippen LogP contribution in [0.1, 0.15) is 39.2 Å². The lowest BCUT2D eigenvalue weighted by atomic mass is 9.81. The van der Waals surface area contributed by atoms with Crippen molar-refractivity contribution < 1.29 is 22.3 Å². The van der Waals surface area contributed by atoms with Gasteiger partial charge in [0.1, 0.15) is 27.7 Å². The van der Waals surface area contributed by atoms with Crippen molar-refractivity contribution >= 4 is 15.7 Å². The number of amidine groups is 1. The standard InChI is InChI=1S/C18H25FN2O4S/c1-5-11-9-15-18(10-25-11,13-8-12(24-4)6-7-14(13)19)21-16(20)17(2,3)26(15,22)23/h6-8,11,15H,5,9-10H2,1-4H3,(H2,20,21)/t11-,15+,18+/m0/s1. The minimum absolute atomic E-state index is 0.0329. The maximum absolute atomic E-state index is 14.8. The van der Waals surface area contributed by atoms with Crippen LogP contribution in [0.3, 0.4) is 0 Å². The molecule has 0 aromatic heterocycles. The van der Waals surface area contributed by atoms with Gasteiger partial charge in [-0.2, -0.15) is 0 Å². The number of hydrogen-bond acceptors (Lipinski definition) is 6. The number of benzene rings is 1. The normalized spacial score (nSPS) is 32.4. The summed E-state index contributed by atoms with van der Waals surface area (Å²) in [6.07, 6.45) is 0.694. The minimum Gasteiger partial charge on any atom is -0.497 e. The average molecular weight is 384 g/mol. The molecule has 2 N–H and O–H groups in total. The van der Waals surface area contributed by atoms with Gasteiger partial charge in [-0.3, -0.25) is 4.99 Å². The number of fused-ring (bicyclic) bond motifs is 1. The summed E-state index contributed by atoms with van der Waals surface area (Å²) in [5, 5.41) is -0.919. The Morgan fingerprint density at radius 2 is 2.12 bits per heavy atom. The van der Waals surface area contributed by atoms with Crippen LogP contribution in [0, 0.1) is 5.82 Å². The SMILES string of the molecule is CC[C@H]1C[C@@H]2[C@](c3cc(OC)ccc3F)(CO1)N=C(N)C(C)(C)S2(=O)=O. The van der Waals surface area contributed by atoms with E-state index in [4.69, 9.17) is 15.2 Å². The Labute approximate surface area is 153 Å². The second-order valence-electron chi connectivity index (χ2n) is 7.39. The van der Waals surface area contributed by atoms with Gasteiger partial charge < -0.3 is 15.2 Å². The van der Waals surface area contributed by atoms with Crippen LogP contribution in [-0.4, -0.2) is 44.1 Å². The summed E-state index contributed by atoms with van der Waals surface area (Å²) in [7, 11) is -2.27. The number of nitrogens with two attached hydrogens (primary N) is 1. The van der Waals surface area contributed by atoms with Crippen LogP contribution in [0.5, 0.6) is 5.75 Å². The van der Waals surface area contributed by atoms with Crippen molar-refractivity contribution in [1.82, 2.24) is 0 Å². The molecule has 2 aliphatic rings. The Hall–Kier alpha value is -1.67. The first-order valence-electron chi connectivity index (χ1n) is 8.65. The lowest BCUT2D eigenvalue weighted by Crippen LogP contribution is -2.64. The summed E-state index contributed by atoms with van der Waals surface area (Å²) >= 11 is 0. The number of methoxy groups -OCH3 is 1. The van der Waals surface area contributed by atoms with Crippen LogP contribution in [0.2, 0.25) is 0 Å². The molecular weight excluding hydrogens is 359 g/mol. The summed E-state index contributed by atoms with van der Waals surface area (Å²) in [4.78, 5) is 4.55. The van der Waals surface area contributed by atoms with Gasteiger partial charge in [0.05, 0.1) is 25.1 Å². The Morgan fingerprint density at radius 3 is 2.73 bits per heavy atom. The van der Waals surface area contributed by atoms with Gasteiger partial charge in [-0.15, -0.1) is 0 Å². The largest absolute Gasteiger partial charge is 0.497 e. The highest BCUT2D eigenvalue weighted by Crippen LogP contribution is 2.48. The van der Waals surface area contributed by atoms with Crippen LogP contribution < -0.4 is 10.5 Å². The predicted molar refractivity (Wildman–Crippen MR) is 97.7 cm³/mol. The van der Waals surface area contributed by atoms with Gasteiger partial charge in [-0.05, 0) is 44.9 Å². The zero-order valence-corrected chi connectivity index (χ0v) is 16.3. The Morgan fingerprint density at radius 1 is 1.42 bits per heavy atom. The molecule has 0 aliphatic carbocycles. The Balaban J connectivity index is 2.30. The molecule has 0 amide bonds. The fourth-order valence-electron chi connectivity index (χ4n) is 3.74. The Bertz CT molecular complexity index is 853. The molecule has 1 fully saturated rings. The molecule has 1 aromatic carbocycles. The molecule has 1 saturated heterocycles. The lowest BCUT2D eigenvalue weighted by molar-refractivity contribution is -0.0294. The monoisotopic (exact) mass is 384 g/mol. The molecule has 2 aliphatic heterocycles. The van der Waals surface area contributed by atoms with Crippen LogP contribution in [0.25, 0.3) is 0 Å². The molecule has 0 radical (unpaired) electrons. The fraction of sp³-hybridized carbons (Fsp3) is 0.611. The highest BCUT2D eigenvalue weighted by atomic mass is 32.2. The van der Waals surface area contributed by atoms with Gasteiger partial charge in [-0.25, -0.2) is 12.8 Å². The zero-order chi connectivity index (χ0) is 19.3. The number of halogens is 1. The fourth-order valence-corrected chi connectivity index (χ4v) is 6.01. The van der Waals surface area contributed by atoms with Crippen molar-refractivity contribution in [1.29, 1.82) is 0 Å². The molecular formula is C18H25FN2O4S. The van der Waals surface area contributed by atoms with E-state index < -0.39 is 31.2 Å². The van der Waals surface area contributed by atoms with Gasteiger partial charge in [0.25, 0.3) is 0 Å². The topological polar surface area (TPSA) is 91.0 Å². The van der Waals surface area contributed by atoms with E-state index >= 15 is 0 Å². The van der Waals surface area contributed by atoms with Crippen molar-refractivity contribution in [3.63, 3.8) is 0 Å². The first kappa shape index (κ1) is 19.1. The first-order chi connectivity index (χ1) is 12.1. The number of sulfone groups is 1. The molecule has 0 saturated carbocycles. The number of ether oxygens (including phenoxy) is 2. The third kappa shape index (κ3) is 2.53. The molecule has 144 valence electrons. The zero-order valence-electron chi connectivity index (χ0n) is 15.5. The highest BCUT2D eigenvalue weighted by molar-refractivity contribution is 7.94. The van der Waals surface area contributed by atoms with E-state index in [1.54, 1.807) is 13.8 Å². The first-order valence-corrected chi connectivity index (χ1v) is 10.2. The van der Waals surface area contributed by atoms with Crippen molar-refractivity contribution in [2.75, 3.05) is 13.7 Å². The van der Waals surface area contributed by atoms with E-state index in [9.17, 15) is 12.8 Å². The van der Waals surface area contributed by atoms with Crippen LogP contribution in [0.4, 0.5) is 4.39 Å². The average Bonchev–Trinajstić information content (AvgIpc) is 2.61. The molecule has 1 aromatic rings. The summed E-state index contributed by atoms with van der Waals surface area (Å²) in [6.45, 7) is 4.98. The molecule has 8 heteroatoms. The quantitative estimate of drug-likeness (QED) is 0.862. The van der Waals surface area contributed by atoms with E-state index in [-0.39, 0.29) is 30.5 Å². The maximum atomic E-state index is 14.8. The third-order valence-corrected chi connectivity index (χ3v) is 8.63. The summed E-state index contributed by atoms with van der Waals surface area (Å²) in [5.74, 6) is -0.168. The minimum atomic E-state index is -3.74. The molecule has 0 bridgehead atoms. The van der Waals surface area contributed by atoms with Crippen molar-refractivity contribution in [3.8, 4) is 5.75 Å². The number of hydrogen-bond donors (Lipinski definition) is 1. The van der Waals surface area contributed by atoms with Crippen molar-refractivity contribution in [2.45, 2.75) is 55.3 Å². The van der Waals surface area contributed by atoms with Crippen molar-refractivity contribution in [3.05, 3.63) is 29.6 Å².